The molecule has 2 aliphatic rings. The van der Waals surface area contributed by atoms with Crippen molar-refractivity contribution in [3.05, 3.63) is 0 Å². The van der Waals surface area contributed by atoms with E-state index in [0.717, 1.165) is 77.4 Å². The third-order valence-electron chi connectivity index (χ3n) is 8.63. The Balaban J connectivity index is 2.49. The van der Waals surface area contributed by atoms with E-state index in [2.05, 4.69) is 69.2 Å². The molecule has 0 aromatic rings. The van der Waals surface area contributed by atoms with E-state index in [-0.39, 0.29) is 35.9 Å². The molecular formula is C32H64O6Si. The van der Waals surface area contributed by atoms with Gasteiger partial charge in [0.25, 0.3) is 0 Å². The van der Waals surface area contributed by atoms with Crippen LogP contribution in [0.2, 0.25) is 0 Å². The second-order valence-corrected chi connectivity index (χ2v) is 15.5. The van der Waals surface area contributed by atoms with Gasteiger partial charge in [-0.2, -0.15) is 0 Å². The predicted octanol–water partition coefficient (Wildman–Crippen LogP) is 7.92. The van der Waals surface area contributed by atoms with Crippen molar-refractivity contribution in [1.82, 2.24) is 0 Å². The lowest BCUT2D eigenvalue weighted by Gasteiger charge is -2.48. The van der Waals surface area contributed by atoms with Crippen molar-refractivity contribution in [2.24, 2.45) is 11.8 Å². The quantitative estimate of drug-likeness (QED) is 0.123. The highest BCUT2D eigenvalue weighted by molar-refractivity contribution is 6.70. The first-order valence-corrected chi connectivity index (χ1v) is 18.6. The molecule has 0 N–H and O–H groups in total. The van der Waals surface area contributed by atoms with E-state index < -0.39 is 8.56 Å². The lowest BCUT2D eigenvalue weighted by molar-refractivity contribution is -0.151. The first kappa shape index (κ1) is 35.2. The SMILES string of the molecule is CCCC(OC(CC)[Si](OC(C)C)(OC(C)C)C(CC)OC(CCC)C(CC)C1CCO1)C(CC)C1CCO1. The highest BCUT2D eigenvalue weighted by Crippen LogP contribution is 2.38. The van der Waals surface area contributed by atoms with Crippen LogP contribution in [0.5, 0.6) is 0 Å². The van der Waals surface area contributed by atoms with Crippen LogP contribution in [0.3, 0.4) is 0 Å². The minimum Gasteiger partial charge on any atom is -0.389 e. The van der Waals surface area contributed by atoms with Crippen LogP contribution in [0.4, 0.5) is 0 Å². The van der Waals surface area contributed by atoms with Crippen molar-refractivity contribution in [1.29, 1.82) is 0 Å². The molecule has 232 valence electrons. The van der Waals surface area contributed by atoms with Gasteiger partial charge in [-0.3, -0.25) is 0 Å². The van der Waals surface area contributed by atoms with E-state index in [9.17, 15) is 0 Å². The fourth-order valence-corrected chi connectivity index (χ4v) is 11.1. The molecule has 0 spiro atoms. The number of ether oxygens (including phenoxy) is 4. The molecule has 39 heavy (non-hydrogen) atoms. The first-order chi connectivity index (χ1) is 18.7. The van der Waals surface area contributed by atoms with Crippen LogP contribution in [-0.2, 0) is 27.8 Å². The Morgan fingerprint density at radius 1 is 0.615 bits per heavy atom. The van der Waals surface area contributed by atoms with Gasteiger partial charge in [-0.15, -0.1) is 0 Å². The second kappa shape index (κ2) is 17.8. The molecule has 8 atom stereocenters. The van der Waals surface area contributed by atoms with E-state index in [1.165, 1.54) is 0 Å². The molecule has 0 aliphatic carbocycles. The Morgan fingerprint density at radius 3 is 1.18 bits per heavy atom. The van der Waals surface area contributed by atoms with Crippen LogP contribution in [0.1, 0.15) is 133 Å². The minimum atomic E-state index is -3.06. The van der Waals surface area contributed by atoms with E-state index in [4.69, 9.17) is 27.8 Å². The van der Waals surface area contributed by atoms with Gasteiger partial charge in [0, 0.05) is 37.3 Å². The summed E-state index contributed by atoms with van der Waals surface area (Å²) in [5.41, 5.74) is -0.250. The number of hydrogen-bond donors (Lipinski definition) is 0. The number of hydrogen-bond acceptors (Lipinski definition) is 6. The summed E-state index contributed by atoms with van der Waals surface area (Å²) in [6, 6.07) is 0. The van der Waals surface area contributed by atoms with Gasteiger partial charge in [0.1, 0.15) is 11.5 Å². The number of rotatable bonds is 22. The molecule has 8 unspecified atom stereocenters. The van der Waals surface area contributed by atoms with Gasteiger partial charge in [-0.05, 0) is 79.1 Å². The molecule has 7 heteroatoms. The summed E-state index contributed by atoms with van der Waals surface area (Å²) in [5.74, 6) is 0.790. The summed E-state index contributed by atoms with van der Waals surface area (Å²) >= 11 is 0. The minimum absolute atomic E-state index is 0.0221. The Kier molecular flexibility index (Phi) is 16.1. The van der Waals surface area contributed by atoms with E-state index in [1.807, 2.05) is 0 Å². The van der Waals surface area contributed by atoms with Crippen molar-refractivity contribution in [3.63, 3.8) is 0 Å². The summed E-state index contributed by atoms with van der Waals surface area (Å²) in [4.78, 5) is 0. The predicted molar refractivity (Wildman–Crippen MR) is 162 cm³/mol. The van der Waals surface area contributed by atoms with Crippen molar-refractivity contribution in [2.75, 3.05) is 13.2 Å². The molecule has 2 fully saturated rings. The van der Waals surface area contributed by atoms with Crippen molar-refractivity contribution in [2.45, 2.75) is 182 Å². The lowest BCUT2D eigenvalue weighted by atomic mass is 9.86. The smallest absolute Gasteiger partial charge is 0.389 e. The largest absolute Gasteiger partial charge is 0.398 e. The van der Waals surface area contributed by atoms with Crippen molar-refractivity contribution >= 4 is 8.56 Å². The maximum absolute atomic E-state index is 7.24. The van der Waals surface area contributed by atoms with Crippen LogP contribution in [0.25, 0.3) is 0 Å². The van der Waals surface area contributed by atoms with Gasteiger partial charge in [0.2, 0.25) is 0 Å². The van der Waals surface area contributed by atoms with Crippen LogP contribution < -0.4 is 0 Å². The summed E-state index contributed by atoms with van der Waals surface area (Å²) in [5, 5.41) is 0. The third kappa shape index (κ3) is 9.49. The first-order valence-electron chi connectivity index (χ1n) is 16.6. The molecule has 2 rings (SSSR count). The van der Waals surface area contributed by atoms with Crippen LogP contribution in [-0.4, -0.2) is 69.9 Å². The highest BCUT2D eigenvalue weighted by atomic mass is 28.4. The lowest BCUT2D eigenvalue weighted by Crippen LogP contribution is -2.67. The molecule has 2 aliphatic heterocycles. The van der Waals surface area contributed by atoms with Gasteiger partial charge in [0.15, 0.2) is 0 Å². The van der Waals surface area contributed by atoms with Gasteiger partial charge in [-0.1, -0.05) is 54.4 Å². The van der Waals surface area contributed by atoms with Gasteiger partial charge in [-0.25, -0.2) is 0 Å². The zero-order valence-corrected chi connectivity index (χ0v) is 28.2. The maximum atomic E-state index is 7.24. The topological polar surface area (TPSA) is 55.4 Å². The van der Waals surface area contributed by atoms with Crippen LogP contribution >= 0.6 is 0 Å². The van der Waals surface area contributed by atoms with E-state index in [1.54, 1.807) is 0 Å². The highest BCUT2D eigenvalue weighted by Gasteiger charge is 2.57. The fourth-order valence-electron chi connectivity index (χ4n) is 6.70. The monoisotopic (exact) mass is 572 g/mol. The van der Waals surface area contributed by atoms with Gasteiger partial charge in [0.05, 0.1) is 24.4 Å². The van der Waals surface area contributed by atoms with E-state index in [0.29, 0.717) is 24.0 Å². The Morgan fingerprint density at radius 2 is 0.974 bits per heavy atom. The Hall–Kier alpha value is -0.0231. The molecule has 6 nitrogen and oxygen atoms in total. The molecule has 0 aromatic heterocycles. The average molecular weight is 573 g/mol. The zero-order valence-electron chi connectivity index (χ0n) is 27.2. The Bertz CT molecular complexity index is 584. The molecular weight excluding hydrogens is 508 g/mol. The molecule has 0 radical (unpaired) electrons. The van der Waals surface area contributed by atoms with E-state index >= 15 is 0 Å². The zero-order chi connectivity index (χ0) is 29.0. The van der Waals surface area contributed by atoms with Gasteiger partial charge >= 0.3 is 8.56 Å². The molecule has 0 saturated carbocycles. The maximum Gasteiger partial charge on any atom is 0.398 e. The summed E-state index contributed by atoms with van der Waals surface area (Å²) in [7, 11) is -3.06. The fraction of sp³-hybridized carbons (Fsp3) is 1.00. The van der Waals surface area contributed by atoms with Crippen LogP contribution in [0.15, 0.2) is 0 Å². The summed E-state index contributed by atoms with van der Waals surface area (Å²) in [6.07, 6.45) is 11.2. The molecule has 0 aromatic carbocycles. The average Bonchev–Trinajstić information content (AvgIpc) is 2.82. The summed E-state index contributed by atoms with van der Waals surface area (Å²) < 4.78 is 40.6. The summed E-state index contributed by atoms with van der Waals surface area (Å²) in [6.45, 7) is 23.8. The standard InChI is InChI=1S/C32H64O6Si/c1-11-17-29(25(13-3)27-19-21-33-27)35-31(15-5)39(37-23(7)8,38-24(9)10)32(16-6)36-30(18-12-2)26(14-4)28-20-22-34-28/h23-32H,11-22H2,1-10H3. The Labute approximate surface area is 242 Å². The molecule has 0 amide bonds. The van der Waals surface area contributed by atoms with Crippen LogP contribution in [0, 0.1) is 11.8 Å². The normalized spacial score (nSPS) is 24.6. The van der Waals surface area contributed by atoms with Crippen molar-refractivity contribution < 1.29 is 27.8 Å². The molecule has 0 bridgehead atoms. The van der Waals surface area contributed by atoms with Crippen molar-refractivity contribution in [3.8, 4) is 0 Å². The molecule has 2 heterocycles. The molecule has 2 saturated heterocycles. The second-order valence-electron chi connectivity index (χ2n) is 12.3. The van der Waals surface area contributed by atoms with Gasteiger partial charge < -0.3 is 27.8 Å². The third-order valence-corrected chi connectivity index (χ3v) is 13.2.